The number of hydrogen-bond donors (Lipinski definition) is 0. The second-order valence-electron chi connectivity index (χ2n) is 8.82. The average molecular weight is 401 g/mol. The summed E-state index contributed by atoms with van der Waals surface area (Å²) in [6, 6.07) is 19.1. The lowest BCUT2D eigenvalue weighted by Gasteiger charge is -2.39. The highest BCUT2D eigenvalue weighted by atomic mass is 16.2. The molecule has 2 fully saturated rings. The summed E-state index contributed by atoms with van der Waals surface area (Å²) in [5.74, 6) is 0.322. The number of amides is 1. The van der Waals surface area contributed by atoms with Crippen LogP contribution < -0.4 is 0 Å². The molecule has 5 nitrogen and oxygen atoms in total. The fraction of sp³-hybridized carbons (Fsp3) is 0.360. The largest absolute Gasteiger partial charge is 0.338 e. The number of piperidine rings is 1. The second kappa shape index (κ2) is 8.07. The third-order valence-corrected chi connectivity index (χ3v) is 6.68. The number of aromatic nitrogens is 2. The first-order chi connectivity index (χ1) is 14.7. The van der Waals surface area contributed by atoms with Gasteiger partial charge in [0, 0.05) is 44.1 Å². The van der Waals surface area contributed by atoms with Gasteiger partial charge in [0.05, 0.1) is 6.33 Å². The maximum absolute atomic E-state index is 12.7. The number of benzene rings is 2. The quantitative estimate of drug-likeness (QED) is 0.653. The van der Waals surface area contributed by atoms with Crippen molar-refractivity contribution >= 4 is 5.91 Å². The van der Waals surface area contributed by atoms with Gasteiger partial charge < -0.3 is 9.47 Å². The van der Waals surface area contributed by atoms with E-state index in [2.05, 4.69) is 51.2 Å². The molecule has 3 aromatic rings. The van der Waals surface area contributed by atoms with E-state index < -0.39 is 0 Å². The summed E-state index contributed by atoms with van der Waals surface area (Å²) in [7, 11) is 0. The molecule has 2 aliphatic heterocycles. The van der Waals surface area contributed by atoms with Crippen molar-refractivity contribution in [1.29, 1.82) is 0 Å². The first kappa shape index (κ1) is 19.1. The maximum Gasteiger partial charge on any atom is 0.223 e. The molecule has 0 atom stereocenters. The smallest absolute Gasteiger partial charge is 0.223 e. The highest BCUT2D eigenvalue weighted by Gasteiger charge is 2.44. The zero-order valence-electron chi connectivity index (χ0n) is 17.3. The predicted octanol–water partition coefficient (Wildman–Crippen LogP) is 3.89. The Labute approximate surface area is 178 Å². The van der Waals surface area contributed by atoms with Crippen LogP contribution in [0.5, 0.6) is 0 Å². The van der Waals surface area contributed by atoms with Crippen molar-refractivity contribution in [2.75, 3.05) is 19.6 Å². The molecule has 154 valence electrons. The van der Waals surface area contributed by atoms with Crippen LogP contribution in [0.1, 0.15) is 30.4 Å². The first-order valence-corrected chi connectivity index (χ1v) is 10.8. The molecule has 0 bridgehead atoms. The van der Waals surface area contributed by atoms with Crippen molar-refractivity contribution in [3.63, 3.8) is 0 Å². The Bertz CT molecular complexity index is 974. The van der Waals surface area contributed by atoms with Gasteiger partial charge in [0.2, 0.25) is 5.91 Å². The summed E-state index contributed by atoms with van der Waals surface area (Å²) in [6.45, 7) is 4.76. The van der Waals surface area contributed by atoms with Crippen molar-refractivity contribution in [3.8, 4) is 5.69 Å². The van der Waals surface area contributed by atoms with E-state index in [0.717, 1.165) is 51.3 Å². The number of likely N-dealkylation sites (tertiary alicyclic amines) is 2. The van der Waals surface area contributed by atoms with Gasteiger partial charge in [-0.3, -0.25) is 9.69 Å². The van der Waals surface area contributed by atoms with Gasteiger partial charge in [-0.05, 0) is 54.6 Å². The molecule has 0 aliphatic carbocycles. The lowest BCUT2D eigenvalue weighted by atomic mass is 9.77. The van der Waals surface area contributed by atoms with E-state index in [1.807, 2.05) is 35.3 Å². The highest BCUT2D eigenvalue weighted by Crippen LogP contribution is 2.41. The summed E-state index contributed by atoms with van der Waals surface area (Å²) < 4.78 is 2.02. The second-order valence-corrected chi connectivity index (χ2v) is 8.82. The highest BCUT2D eigenvalue weighted by molar-refractivity contribution is 5.79. The van der Waals surface area contributed by atoms with E-state index in [-0.39, 0.29) is 5.41 Å². The van der Waals surface area contributed by atoms with Crippen LogP contribution in [0.25, 0.3) is 5.69 Å². The standard InChI is InChI=1S/C25H28N4O/c30-24-16-25(19-29(24)18-21-4-2-1-3-5-21)10-13-27(14-11-25)17-22-6-8-23(9-7-22)28-15-12-26-20-28/h1-9,12,15,20H,10-11,13-14,16-19H2. The number of nitrogens with zero attached hydrogens (tertiary/aromatic N) is 4. The van der Waals surface area contributed by atoms with E-state index in [1.54, 1.807) is 6.20 Å². The van der Waals surface area contributed by atoms with Crippen molar-refractivity contribution in [1.82, 2.24) is 19.4 Å². The van der Waals surface area contributed by atoms with Crippen LogP contribution in [-0.4, -0.2) is 44.9 Å². The van der Waals surface area contributed by atoms with E-state index in [0.29, 0.717) is 12.3 Å². The fourth-order valence-electron chi connectivity index (χ4n) is 4.89. The van der Waals surface area contributed by atoms with Gasteiger partial charge in [0.15, 0.2) is 0 Å². The summed E-state index contributed by atoms with van der Waals surface area (Å²) in [5.41, 5.74) is 3.87. The van der Waals surface area contributed by atoms with E-state index in [4.69, 9.17) is 0 Å². The molecule has 2 aromatic carbocycles. The normalized spacial score (nSPS) is 18.9. The summed E-state index contributed by atoms with van der Waals surface area (Å²) in [6.07, 6.45) is 8.51. The van der Waals surface area contributed by atoms with Crippen LogP contribution in [-0.2, 0) is 17.9 Å². The molecule has 5 heteroatoms. The third-order valence-electron chi connectivity index (χ3n) is 6.68. The van der Waals surface area contributed by atoms with Gasteiger partial charge >= 0.3 is 0 Å². The lowest BCUT2D eigenvalue weighted by Crippen LogP contribution is -2.41. The number of rotatable bonds is 5. The Morgan fingerprint density at radius 3 is 2.33 bits per heavy atom. The minimum Gasteiger partial charge on any atom is -0.338 e. The SMILES string of the molecule is O=C1CC2(CCN(Cc3ccc(-n4ccnc4)cc3)CC2)CN1Cc1ccccc1. The Morgan fingerprint density at radius 1 is 0.900 bits per heavy atom. The van der Waals surface area contributed by atoms with Crippen LogP contribution in [0.3, 0.4) is 0 Å². The number of imidazole rings is 1. The molecule has 0 unspecified atom stereocenters. The Hall–Kier alpha value is -2.92. The van der Waals surface area contributed by atoms with Crippen LogP contribution in [0.15, 0.2) is 73.3 Å². The average Bonchev–Trinajstić information content (AvgIpc) is 3.40. The van der Waals surface area contributed by atoms with Gasteiger partial charge in [0.1, 0.15) is 0 Å². The zero-order valence-corrected chi connectivity index (χ0v) is 17.3. The summed E-state index contributed by atoms with van der Waals surface area (Å²) in [4.78, 5) is 21.4. The van der Waals surface area contributed by atoms with E-state index >= 15 is 0 Å². The molecular formula is C25H28N4O. The molecule has 0 N–H and O–H groups in total. The van der Waals surface area contributed by atoms with Gasteiger partial charge in [-0.2, -0.15) is 0 Å². The molecule has 0 saturated carbocycles. The number of carbonyl (C=O) groups excluding carboxylic acids is 1. The molecule has 2 saturated heterocycles. The number of carbonyl (C=O) groups is 1. The monoisotopic (exact) mass is 400 g/mol. The summed E-state index contributed by atoms with van der Waals surface area (Å²) >= 11 is 0. The van der Waals surface area contributed by atoms with Gasteiger partial charge in [-0.1, -0.05) is 42.5 Å². The Morgan fingerprint density at radius 2 is 1.63 bits per heavy atom. The maximum atomic E-state index is 12.7. The van der Waals surface area contributed by atoms with Crippen LogP contribution >= 0.6 is 0 Å². The molecule has 1 aromatic heterocycles. The van der Waals surface area contributed by atoms with Crippen LogP contribution in [0.4, 0.5) is 0 Å². The minimum atomic E-state index is 0.174. The Balaban J connectivity index is 1.16. The van der Waals surface area contributed by atoms with Crippen LogP contribution in [0.2, 0.25) is 0 Å². The van der Waals surface area contributed by atoms with E-state index in [1.165, 1.54) is 11.1 Å². The lowest BCUT2D eigenvalue weighted by molar-refractivity contribution is -0.128. The van der Waals surface area contributed by atoms with Crippen LogP contribution in [0, 0.1) is 5.41 Å². The Kier molecular flexibility index (Phi) is 5.13. The van der Waals surface area contributed by atoms with E-state index in [9.17, 15) is 4.79 Å². The first-order valence-electron chi connectivity index (χ1n) is 10.8. The fourth-order valence-corrected chi connectivity index (χ4v) is 4.89. The molecule has 2 aliphatic rings. The molecule has 30 heavy (non-hydrogen) atoms. The minimum absolute atomic E-state index is 0.174. The van der Waals surface area contributed by atoms with Crippen molar-refractivity contribution in [2.45, 2.75) is 32.4 Å². The molecule has 1 amide bonds. The summed E-state index contributed by atoms with van der Waals surface area (Å²) in [5, 5.41) is 0. The van der Waals surface area contributed by atoms with Gasteiger partial charge in [0.25, 0.3) is 0 Å². The molecule has 1 spiro atoms. The molecule has 5 rings (SSSR count). The van der Waals surface area contributed by atoms with Gasteiger partial charge in [-0.15, -0.1) is 0 Å². The predicted molar refractivity (Wildman–Crippen MR) is 117 cm³/mol. The molecular weight excluding hydrogens is 372 g/mol. The molecule has 0 radical (unpaired) electrons. The topological polar surface area (TPSA) is 41.4 Å². The van der Waals surface area contributed by atoms with Crippen molar-refractivity contribution < 1.29 is 4.79 Å². The van der Waals surface area contributed by atoms with Crippen molar-refractivity contribution in [2.24, 2.45) is 5.41 Å². The molecule has 3 heterocycles. The number of hydrogen-bond acceptors (Lipinski definition) is 3. The zero-order chi connectivity index (χ0) is 20.4. The third kappa shape index (κ3) is 4.03. The van der Waals surface area contributed by atoms with Gasteiger partial charge in [-0.25, -0.2) is 4.98 Å². The van der Waals surface area contributed by atoms with Crippen molar-refractivity contribution in [3.05, 3.63) is 84.4 Å².